The first-order valence-corrected chi connectivity index (χ1v) is 8.65. The monoisotopic (exact) mass is 334 g/mol. The van der Waals surface area contributed by atoms with E-state index in [1.165, 1.54) is 0 Å². The van der Waals surface area contributed by atoms with Crippen molar-refractivity contribution in [1.29, 1.82) is 0 Å². The van der Waals surface area contributed by atoms with Gasteiger partial charge in [0.05, 0.1) is 12.2 Å². The summed E-state index contributed by atoms with van der Waals surface area (Å²) < 4.78 is 0. The third-order valence-corrected chi connectivity index (χ3v) is 4.77. The Morgan fingerprint density at radius 2 is 1.58 bits per heavy atom. The number of hydrogen-bond acceptors (Lipinski definition) is 3. The molecule has 1 atom stereocenters. The van der Waals surface area contributed by atoms with Crippen LogP contribution in [0.15, 0.2) is 90.0 Å². The topological polar surface area (TPSA) is 42.0 Å². The minimum Gasteiger partial charge on any atom is -0.349 e. The van der Waals surface area contributed by atoms with Crippen LogP contribution in [0.3, 0.4) is 0 Å². The van der Waals surface area contributed by atoms with Crippen molar-refractivity contribution < 1.29 is 4.79 Å². The van der Waals surface area contributed by atoms with Crippen LogP contribution in [0, 0.1) is 0 Å². The van der Waals surface area contributed by atoms with E-state index in [4.69, 9.17) is 0 Å². The van der Waals surface area contributed by atoms with Crippen molar-refractivity contribution in [1.82, 2.24) is 10.3 Å². The normalized spacial score (nSPS) is 11.7. The summed E-state index contributed by atoms with van der Waals surface area (Å²) in [4.78, 5) is 18.1. The molecule has 3 aromatic rings. The van der Waals surface area contributed by atoms with Crippen molar-refractivity contribution in [2.75, 3.05) is 0 Å². The van der Waals surface area contributed by atoms with Crippen LogP contribution < -0.4 is 5.32 Å². The molecule has 1 heterocycles. The lowest BCUT2D eigenvalue weighted by molar-refractivity contribution is -0.120. The summed E-state index contributed by atoms with van der Waals surface area (Å²) in [6, 6.07) is 25.5. The van der Waals surface area contributed by atoms with E-state index >= 15 is 0 Å². The third-order valence-electron chi connectivity index (χ3n) is 3.51. The second-order valence-electron chi connectivity index (χ2n) is 5.26. The predicted octanol–water partition coefficient (Wildman–Crippen LogP) is 4.23. The predicted molar refractivity (Wildman–Crippen MR) is 97.6 cm³/mol. The average Bonchev–Trinajstić information content (AvgIpc) is 2.66. The molecule has 1 N–H and O–H groups in total. The molecule has 0 aliphatic rings. The SMILES string of the molecule is O=C(NCc1ccccn1)C(Sc1ccccc1)c1ccccc1. The maximum absolute atomic E-state index is 12.8. The van der Waals surface area contributed by atoms with E-state index in [2.05, 4.69) is 10.3 Å². The van der Waals surface area contributed by atoms with E-state index in [-0.39, 0.29) is 11.2 Å². The smallest absolute Gasteiger partial charge is 0.238 e. The number of amides is 1. The molecule has 2 aromatic carbocycles. The molecular formula is C20H18N2OS. The highest BCUT2D eigenvalue weighted by molar-refractivity contribution is 8.00. The largest absolute Gasteiger partial charge is 0.349 e. The number of benzene rings is 2. The number of hydrogen-bond donors (Lipinski definition) is 1. The molecule has 0 spiro atoms. The van der Waals surface area contributed by atoms with Gasteiger partial charge in [0.1, 0.15) is 5.25 Å². The molecule has 24 heavy (non-hydrogen) atoms. The average molecular weight is 334 g/mol. The highest BCUT2D eigenvalue weighted by atomic mass is 32.2. The molecular weight excluding hydrogens is 316 g/mol. The molecule has 0 aliphatic heterocycles. The first-order valence-electron chi connectivity index (χ1n) is 7.77. The van der Waals surface area contributed by atoms with Gasteiger partial charge in [-0.25, -0.2) is 0 Å². The molecule has 1 aromatic heterocycles. The summed E-state index contributed by atoms with van der Waals surface area (Å²) >= 11 is 1.55. The highest BCUT2D eigenvalue weighted by Crippen LogP contribution is 2.35. The summed E-state index contributed by atoms with van der Waals surface area (Å²) in [5.74, 6) is -0.0132. The van der Waals surface area contributed by atoms with Crippen molar-refractivity contribution in [2.45, 2.75) is 16.7 Å². The third kappa shape index (κ3) is 4.46. The van der Waals surface area contributed by atoms with Crippen LogP contribution in [0.1, 0.15) is 16.5 Å². The van der Waals surface area contributed by atoms with Gasteiger partial charge in [0.25, 0.3) is 0 Å². The second-order valence-corrected chi connectivity index (χ2v) is 6.44. The number of carbonyl (C=O) groups excluding carboxylic acids is 1. The van der Waals surface area contributed by atoms with E-state index in [1.807, 2.05) is 78.9 Å². The van der Waals surface area contributed by atoms with Crippen LogP contribution in [-0.4, -0.2) is 10.9 Å². The first-order chi connectivity index (χ1) is 11.8. The van der Waals surface area contributed by atoms with Gasteiger partial charge in [-0.1, -0.05) is 54.6 Å². The molecule has 1 unspecified atom stereocenters. The van der Waals surface area contributed by atoms with Gasteiger partial charge in [-0.2, -0.15) is 0 Å². The quantitative estimate of drug-likeness (QED) is 0.686. The zero-order valence-electron chi connectivity index (χ0n) is 13.1. The Balaban J connectivity index is 1.75. The zero-order chi connectivity index (χ0) is 16.6. The van der Waals surface area contributed by atoms with Gasteiger partial charge in [0.2, 0.25) is 5.91 Å². The summed E-state index contributed by atoms with van der Waals surface area (Å²) in [5, 5.41) is 2.70. The van der Waals surface area contributed by atoms with Crippen LogP contribution >= 0.6 is 11.8 Å². The van der Waals surface area contributed by atoms with Crippen molar-refractivity contribution in [3.63, 3.8) is 0 Å². The van der Waals surface area contributed by atoms with Crippen LogP contribution in [0.25, 0.3) is 0 Å². The van der Waals surface area contributed by atoms with Crippen LogP contribution in [0.5, 0.6) is 0 Å². The maximum atomic E-state index is 12.8. The molecule has 0 saturated heterocycles. The van der Waals surface area contributed by atoms with Gasteiger partial charge in [-0.15, -0.1) is 11.8 Å². The van der Waals surface area contributed by atoms with Gasteiger partial charge in [-0.05, 0) is 29.8 Å². The minimum atomic E-state index is -0.294. The lowest BCUT2D eigenvalue weighted by Crippen LogP contribution is -2.27. The second kappa shape index (κ2) is 8.31. The van der Waals surface area contributed by atoms with Gasteiger partial charge < -0.3 is 5.32 Å². The zero-order valence-corrected chi connectivity index (χ0v) is 13.9. The summed E-state index contributed by atoms with van der Waals surface area (Å²) in [5.41, 5.74) is 1.84. The van der Waals surface area contributed by atoms with E-state index in [0.717, 1.165) is 16.2 Å². The molecule has 3 nitrogen and oxygen atoms in total. The molecule has 4 heteroatoms. The van der Waals surface area contributed by atoms with Crippen molar-refractivity contribution in [3.05, 3.63) is 96.3 Å². The minimum absolute atomic E-state index is 0.0132. The number of carbonyl (C=O) groups is 1. The lowest BCUT2D eigenvalue weighted by atomic mass is 10.1. The van der Waals surface area contributed by atoms with Crippen LogP contribution in [0.4, 0.5) is 0 Å². The molecule has 0 aliphatic carbocycles. The van der Waals surface area contributed by atoms with Crippen molar-refractivity contribution in [2.24, 2.45) is 0 Å². The Labute approximate surface area is 146 Å². The van der Waals surface area contributed by atoms with Crippen molar-refractivity contribution >= 4 is 17.7 Å². The summed E-state index contributed by atoms with van der Waals surface area (Å²) in [7, 11) is 0. The molecule has 0 radical (unpaired) electrons. The first kappa shape index (κ1) is 16.3. The molecule has 1 amide bonds. The number of thioether (sulfide) groups is 1. The number of aromatic nitrogens is 1. The van der Waals surface area contributed by atoms with Crippen LogP contribution in [0.2, 0.25) is 0 Å². The van der Waals surface area contributed by atoms with Crippen LogP contribution in [-0.2, 0) is 11.3 Å². The Kier molecular flexibility index (Phi) is 5.64. The van der Waals surface area contributed by atoms with E-state index in [9.17, 15) is 4.79 Å². The van der Waals surface area contributed by atoms with Crippen molar-refractivity contribution in [3.8, 4) is 0 Å². The molecule has 3 rings (SSSR count). The lowest BCUT2D eigenvalue weighted by Gasteiger charge is -2.17. The fraction of sp³-hybridized carbons (Fsp3) is 0.100. The Bertz CT molecular complexity index is 763. The highest BCUT2D eigenvalue weighted by Gasteiger charge is 2.21. The molecule has 0 bridgehead atoms. The van der Waals surface area contributed by atoms with Gasteiger partial charge in [-0.3, -0.25) is 9.78 Å². The fourth-order valence-corrected chi connectivity index (χ4v) is 3.38. The number of nitrogens with zero attached hydrogens (tertiary/aromatic N) is 1. The Hall–Kier alpha value is -2.59. The number of pyridine rings is 1. The van der Waals surface area contributed by atoms with Gasteiger partial charge >= 0.3 is 0 Å². The Morgan fingerprint density at radius 1 is 0.917 bits per heavy atom. The molecule has 0 fully saturated rings. The number of nitrogens with one attached hydrogen (secondary N) is 1. The Morgan fingerprint density at radius 3 is 2.25 bits per heavy atom. The number of rotatable bonds is 6. The molecule has 0 saturated carbocycles. The van der Waals surface area contributed by atoms with E-state index in [0.29, 0.717) is 6.54 Å². The van der Waals surface area contributed by atoms with E-state index in [1.54, 1.807) is 18.0 Å². The molecule has 120 valence electrons. The summed E-state index contributed by atoms with van der Waals surface area (Å²) in [6.45, 7) is 0.429. The van der Waals surface area contributed by atoms with Gasteiger partial charge in [0, 0.05) is 11.1 Å². The fourth-order valence-electron chi connectivity index (χ4n) is 2.31. The van der Waals surface area contributed by atoms with Gasteiger partial charge in [0.15, 0.2) is 0 Å². The maximum Gasteiger partial charge on any atom is 0.238 e. The van der Waals surface area contributed by atoms with E-state index < -0.39 is 0 Å². The standard InChI is InChI=1S/C20H18N2OS/c23-20(22-15-17-11-7-8-14-21-17)19(16-9-3-1-4-10-16)24-18-12-5-2-6-13-18/h1-14,19H,15H2,(H,22,23). The summed E-state index contributed by atoms with van der Waals surface area (Å²) in [6.07, 6.45) is 1.73.